The highest BCUT2D eigenvalue weighted by Crippen LogP contribution is 2.02. The van der Waals surface area contributed by atoms with Gasteiger partial charge in [0.15, 0.2) is 0 Å². The maximum Gasteiger partial charge on any atom is 0.216 e. The summed E-state index contributed by atoms with van der Waals surface area (Å²) in [6.45, 7) is 13.9. The molecule has 0 aliphatic carbocycles. The smallest absolute Gasteiger partial charge is 0.216 e. The van der Waals surface area contributed by atoms with Crippen molar-refractivity contribution in [1.82, 2.24) is 15.0 Å². The molecule has 0 atom stereocenters. The van der Waals surface area contributed by atoms with Crippen molar-refractivity contribution < 1.29 is 4.74 Å². The van der Waals surface area contributed by atoms with Gasteiger partial charge in [-0.1, -0.05) is 33.8 Å². The number of nitrogens with zero attached hydrogens (tertiary/aromatic N) is 3. The largest absolute Gasteiger partial charge is 0.481 e. The summed E-state index contributed by atoms with van der Waals surface area (Å²) in [5.74, 6) is 0.613. The Kier molecular flexibility index (Phi) is 14.7. The lowest BCUT2D eigenvalue weighted by atomic mass is 10.3. The van der Waals surface area contributed by atoms with Crippen molar-refractivity contribution in [3.8, 4) is 5.88 Å². The standard InChI is InChI=1S/C7H9N.C6H8N2O.2C2H6/c1-6-3-4-7(2)8-5-6;1-5-3-6(9-2)8-4-7-5;2*1-2/h3-5H,1-2H3;3-4H,1-2H3;2*1-2H3. The molecule has 0 aliphatic rings. The maximum absolute atomic E-state index is 4.84. The van der Waals surface area contributed by atoms with Crippen LogP contribution in [-0.2, 0) is 0 Å². The number of pyridine rings is 1. The van der Waals surface area contributed by atoms with Crippen molar-refractivity contribution in [3.05, 3.63) is 47.7 Å². The average Bonchev–Trinajstić information content (AvgIpc) is 2.55. The van der Waals surface area contributed by atoms with Gasteiger partial charge < -0.3 is 4.74 Å². The van der Waals surface area contributed by atoms with Gasteiger partial charge in [-0.2, -0.15) is 0 Å². The van der Waals surface area contributed by atoms with Crippen LogP contribution in [0.2, 0.25) is 0 Å². The summed E-state index contributed by atoms with van der Waals surface area (Å²) in [4.78, 5) is 11.8. The van der Waals surface area contributed by atoms with E-state index in [1.165, 1.54) is 11.9 Å². The van der Waals surface area contributed by atoms with Gasteiger partial charge in [0.1, 0.15) is 6.33 Å². The molecule has 0 aliphatic heterocycles. The Labute approximate surface area is 129 Å². The van der Waals surface area contributed by atoms with Crippen molar-refractivity contribution in [2.24, 2.45) is 0 Å². The second-order valence-electron chi connectivity index (χ2n) is 3.68. The molecule has 0 saturated heterocycles. The van der Waals surface area contributed by atoms with Gasteiger partial charge in [-0.3, -0.25) is 4.98 Å². The summed E-state index contributed by atoms with van der Waals surface area (Å²) in [5, 5.41) is 0. The Morgan fingerprint density at radius 1 is 0.810 bits per heavy atom. The number of aryl methyl sites for hydroxylation is 3. The van der Waals surface area contributed by atoms with Crippen LogP contribution in [0.25, 0.3) is 0 Å². The van der Waals surface area contributed by atoms with Gasteiger partial charge in [0.2, 0.25) is 5.88 Å². The van der Waals surface area contributed by atoms with Crippen LogP contribution in [0, 0.1) is 20.8 Å². The molecule has 2 aromatic rings. The van der Waals surface area contributed by atoms with E-state index in [4.69, 9.17) is 4.74 Å². The molecule has 0 radical (unpaired) electrons. The number of methoxy groups -OCH3 is 1. The van der Waals surface area contributed by atoms with E-state index < -0.39 is 0 Å². The van der Waals surface area contributed by atoms with E-state index >= 15 is 0 Å². The van der Waals surface area contributed by atoms with Gasteiger partial charge in [-0.05, 0) is 32.4 Å². The Morgan fingerprint density at radius 3 is 1.76 bits per heavy atom. The molecule has 0 bridgehead atoms. The summed E-state index contributed by atoms with van der Waals surface area (Å²) in [6.07, 6.45) is 3.35. The Balaban J connectivity index is 0. The molecule has 0 fully saturated rings. The van der Waals surface area contributed by atoms with Crippen molar-refractivity contribution in [2.75, 3.05) is 7.11 Å². The van der Waals surface area contributed by atoms with E-state index in [1.807, 2.05) is 60.7 Å². The first-order chi connectivity index (χ1) is 10.1. The minimum Gasteiger partial charge on any atom is -0.481 e. The molecule has 2 aromatic heterocycles. The third-order valence-corrected chi connectivity index (χ3v) is 2.05. The van der Waals surface area contributed by atoms with Crippen LogP contribution in [0.4, 0.5) is 0 Å². The van der Waals surface area contributed by atoms with Crippen LogP contribution >= 0.6 is 0 Å². The molecule has 4 nitrogen and oxygen atoms in total. The average molecular weight is 291 g/mol. The molecule has 0 unspecified atom stereocenters. The molecule has 0 N–H and O–H groups in total. The van der Waals surface area contributed by atoms with Crippen LogP contribution in [-0.4, -0.2) is 22.1 Å². The summed E-state index contributed by atoms with van der Waals surface area (Å²) in [7, 11) is 1.59. The molecular weight excluding hydrogens is 262 g/mol. The second-order valence-corrected chi connectivity index (χ2v) is 3.68. The number of aromatic nitrogens is 3. The lowest BCUT2D eigenvalue weighted by Gasteiger charge is -1.95. The van der Waals surface area contributed by atoms with Crippen LogP contribution in [0.15, 0.2) is 30.7 Å². The molecular formula is C17H29N3O. The number of hydrogen-bond donors (Lipinski definition) is 0. The van der Waals surface area contributed by atoms with Crippen LogP contribution in [0.1, 0.15) is 44.6 Å². The van der Waals surface area contributed by atoms with E-state index in [-0.39, 0.29) is 0 Å². The maximum atomic E-state index is 4.84. The highest BCUT2D eigenvalue weighted by molar-refractivity contribution is 5.11. The summed E-state index contributed by atoms with van der Waals surface area (Å²) >= 11 is 0. The van der Waals surface area contributed by atoms with Crippen molar-refractivity contribution in [2.45, 2.75) is 48.5 Å². The predicted molar refractivity (Wildman–Crippen MR) is 89.7 cm³/mol. The monoisotopic (exact) mass is 291 g/mol. The SMILES string of the molecule is CC.CC.COc1cc(C)ncn1.Cc1ccc(C)nc1. The summed E-state index contributed by atoms with van der Waals surface area (Å²) in [5.41, 5.74) is 3.22. The topological polar surface area (TPSA) is 47.9 Å². The lowest BCUT2D eigenvalue weighted by molar-refractivity contribution is 0.396. The van der Waals surface area contributed by atoms with Crippen LogP contribution in [0.3, 0.4) is 0 Å². The zero-order valence-electron chi connectivity index (χ0n) is 14.6. The van der Waals surface area contributed by atoms with Crippen molar-refractivity contribution in [3.63, 3.8) is 0 Å². The molecule has 118 valence electrons. The van der Waals surface area contributed by atoms with E-state index in [9.17, 15) is 0 Å². The first kappa shape index (κ1) is 21.3. The van der Waals surface area contributed by atoms with E-state index in [2.05, 4.69) is 21.0 Å². The third-order valence-electron chi connectivity index (χ3n) is 2.05. The zero-order valence-corrected chi connectivity index (χ0v) is 14.6. The fourth-order valence-corrected chi connectivity index (χ4v) is 1.08. The van der Waals surface area contributed by atoms with Crippen molar-refractivity contribution >= 4 is 0 Å². The minimum absolute atomic E-state index is 0.613. The van der Waals surface area contributed by atoms with Crippen LogP contribution in [0.5, 0.6) is 5.88 Å². The third kappa shape index (κ3) is 11.5. The summed E-state index contributed by atoms with van der Waals surface area (Å²) < 4.78 is 4.84. The lowest BCUT2D eigenvalue weighted by Crippen LogP contribution is -1.88. The van der Waals surface area contributed by atoms with Gasteiger partial charge in [0, 0.05) is 23.7 Å². The quantitative estimate of drug-likeness (QED) is 0.773. The Morgan fingerprint density at radius 2 is 1.43 bits per heavy atom. The van der Waals surface area contributed by atoms with E-state index in [0.717, 1.165) is 11.4 Å². The highest BCUT2D eigenvalue weighted by atomic mass is 16.5. The molecule has 4 heteroatoms. The van der Waals surface area contributed by atoms with Crippen LogP contribution < -0.4 is 4.74 Å². The van der Waals surface area contributed by atoms with Gasteiger partial charge in [0.05, 0.1) is 7.11 Å². The van der Waals surface area contributed by atoms with E-state index in [0.29, 0.717) is 5.88 Å². The first-order valence-corrected chi connectivity index (χ1v) is 7.33. The highest BCUT2D eigenvalue weighted by Gasteiger charge is 1.89. The molecule has 0 aromatic carbocycles. The number of ether oxygens (including phenoxy) is 1. The normalized spacial score (nSPS) is 8.00. The van der Waals surface area contributed by atoms with E-state index in [1.54, 1.807) is 13.2 Å². The predicted octanol–water partition coefficient (Wildman–Crippen LogP) is 4.54. The van der Waals surface area contributed by atoms with Crippen molar-refractivity contribution in [1.29, 1.82) is 0 Å². The van der Waals surface area contributed by atoms with Gasteiger partial charge in [-0.15, -0.1) is 0 Å². The van der Waals surface area contributed by atoms with Gasteiger partial charge >= 0.3 is 0 Å². The number of rotatable bonds is 1. The van der Waals surface area contributed by atoms with Gasteiger partial charge in [0.25, 0.3) is 0 Å². The summed E-state index contributed by atoms with van der Waals surface area (Å²) in [6, 6.07) is 5.84. The first-order valence-electron chi connectivity index (χ1n) is 7.33. The molecule has 0 amide bonds. The molecule has 2 heterocycles. The Bertz CT molecular complexity index is 435. The zero-order chi connectivity index (χ0) is 16.7. The number of hydrogen-bond acceptors (Lipinski definition) is 4. The fourth-order valence-electron chi connectivity index (χ4n) is 1.08. The molecule has 2 rings (SSSR count). The molecule has 0 spiro atoms. The fraction of sp³-hybridized carbons (Fsp3) is 0.471. The second kappa shape index (κ2) is 14.4. The minimum atomic E-state index is 0.613. The van der Waals surface area contributed by atoms with Gasteiger partial charge in [-0.25, -0.2) is 9.97 Å². The molecule has 21 heavy (non-hydrogen) atoms. The Hall–Kier alpha value is -1.97. The molecule has 0 saturated carbocycles.